The fourth-order valence-corrected chi connectivity index (χ4v) is 1.70. The lowest BCUT2D eigenvalue weighted by Crippen LogP contribution is -2.04. The second-order valence-electron chi connectivity index (χ2n) is 3.88. The second-order valence-corrected chi connectivity index (χ2v) is 3.88. The molecular weight excluding hydrogens is 244 g/mol. The molecule has 19 heavy (non-hydrogen) atoms. The van der Waals surface area contributed by atoms with E-state index in [-0.39, 0.29) is 0 Å². The zero-order valence-electron chi connectivity index (χ0n) is 10.7. The molecule has 0 bridgehead atoms. The van der Waals surface area contributed by atoms with E-state index in [4.69, 9.17) is 10.5 Å². The maximum absolute atomic E-state index is 11.4. The number of hydrogen-bond donors (Lipinski definition) is 1. The quantitative estimate of drug-likeness (QED) is 0.853. The number of nitrogens with two attached hydrogens (primary N) is 1. The third-order valence-electron chi connectivity index (χ3n) is 2.70. The maximum atomic E-state index is 11.4. The van der Waals surface area contributed by atoms with Crippen molar-refractivity contribution in [1.82, 2.24) is 4.98 Å². The van der Waals surface area contributed by atoms with Crippen molar-refractivity contribution in [2.45, 2.75) is 0 Å². The Labute approximate surface area is 111 Å². The molecule has 0 saturated carbocycles. The molecule has 0 aliphatic heterocycles. The molecule has 0 spiro atoms. The molecule has 0 amide bonds. The van der Waals surface area contributed by atoms with Crippen LogP contribution in [0.5, 0.6) is 5.75 Å². The van der Waals surface area contributed by atoms with Crippen molar-refractivity contribution < 1.29 is 14.3 Å². The van der Waals surface area contributed by atoms with Crippen molar-refractivity contribution in [3.05, 3.63) is 42.1 Å². The summed E-state index contributed by atoms with van der Waals surface area (Å²) in [7, 11) is 2.92. The van der Waals surface area contributed by atoms with E-state index in [1.54, 1.807) is 13.2 Å². The van der Waals surface area contributed by atoms with Crippen LogP contribution in [0, 0.1) is 0 Å². The van der Waals surface area contributed by atoms with Crippen LogP contribution in [-0.2, 0) is 4.74 Å². The highest BCUT2D eigenvalue weighted by Crippen LogP contribution is 2.26. The van der Waals surface area contributed by atoms with Gasteiger partial charge in [-0.2, -0.15) is 0 Å². The van der Waals surface area contributed by atoms with Gasteiger partial charge in [-0.25, -0.2) is 4.79 Å². The molecule has 0 fully saturated rings. The highest BCUT2D eigenvalue weighted by atomic mass is 16.5. The molecule has 0 unspecified atom stereocenters. The Hall–Kier alpha value is -2.56. The largest absolute Gasteiger partial charge is 0.497 e. The van der Waals surface area contributed by atoms with Crippen molar-refractivity contribution in [3.63, 3.8) is 0 Å². The molecule has 2 N–H and O–H groups in total. The molecule has 0 aliphatic rings. The Morgan fingerprint density at radius 1 is 1.21 bits per heavy atom. The first-order valence-corrected chi connectivity index (χ1v) is 5.64. The number of benzene rings is 1. The van der Waals surface area contributed by atoms with E-state index in [9.17, 15) is 4.79 Å². The number of hydrogen-bond acceptors (Lipinski definition) is 5. The van der Waals surface area contributed by atoms with Gasteiger partial charge in [-0.3, -0.25) is 4.98 Å². The van der Waals surface area contributed by atoms with Gasteiger partial charge < -0.3 is 15.2 Å². The standard InChI is InChI=1S/C14H14N2O3/c1-18-11-5-3-9(4-6-11)13-12(15)7-10(8-16-13)14(17)19-2/h3-8H,15H2,1-2H3. The lowest BCUT2D eigenvalue weighted by molar-refractivity contribution is 0.0600. The van der Waals surface area contributed by atoms with Crippen molar-refractivity contribution >= 4 is 11.7 Å². The molecule has 98 valence electrons. The summed E-state index contributed by atoms with van der Waals surface area (Å²) in [5.41, 5.74) is 8.15. The highest BCUT2D eigenvalue weighted by molar-refractivity contribution is 5.91. The van der Waals surface area contributed by atoms with Crippen LogP contribution in [0.25, 0.3) is 11.3 Å². The predicted molar refractivity (Wildman–Crippen MR) is 72.0 cm³/mol. The molecule has 0 aliphatic carbocycles. The summed E-state index contributed by atoms with van der Waals surface area (Å²) in [6.45, 7) is 0. The van der Waals surface area contributed by atoms with Gasteiger partial charge in [0.25, 0.3) is 0 Å². The van der Waals surface area contributed by atoms with Crippen LogP contribution in [0.3, 0.4) is 0 Å². The van der Waals surface area contributed by atoms with Gasteiger partial charge in [0.15, 0.2) is 0 Å². The number of nitrogen functional groups attached to an aromatic ring is 1. The summed E-state index contributed by atoms with van der Waals surface area (Å²) < 4.78 is 9.70. The van der Waals surface area contributed by atoms with Crippen molar-refractivity contribution in [2.75, 3.05) is 20.0 Å². The van der Waals surface area contributed by atoms with Crippen LogP contribution < -0.4 is 10.5 Å². The third-order valence-corrected chi connectivity index (χ3v) is 2.70. The van der Waals surface area contributed by atoms with Crippen LogP contribution in [0.4, 0.5) is 5.69 Å². The molecule has 2 rings (SSSR count). The molecule has 0 saturated heterocycles. The van der Waals surface area contributed by atoms with Gasteiger partial charge >= 0.3 is 5.97 Å². The van der Waals surface area contributed by atoms with Gasteiger partial charge in [-0.15, -0.1) is 0 Å². The van der Waals surface area contributed by atoms with Gasteiger partial charge in [-0.05, 0) is 30.3 Å². The van der Waals surface area contributed by atoms with Crippen molar-refractivity contribution in [2.24, 2.45) is 0 Å². The Morgan fingerprint density at radius 2 is 1.89 bits per heavy atom. The van der Waals surface area contributed by atoms with E-state index < -0.39 is 5.97 Å². The van der Waals surface area contributed by atoms with Crippen LogP contribution in [0.2, 0.25) is 0 Å². The Balaban J connectivity index is 2.37. The lowest BCUT2D eigenvalue weighted by Gasteiger charge is -2.07. The van der Waals surface area contributed by atoms with E-state index in [0.717, 1.165) is 11.3 Å². The van der Waals surface area contributed by atoms with Gasteiger partial charge in [0.05, 0.1) is 31.2 Å². The number of methoxy groups -OCH3 is 2. The molecular formula is C14H14N2O3. The lowest BCUT2D eigenvalue weighted by atomic mass is 10.1. The van der Waals surface area contributed by atoms with E-state index in [1.165, 1.54) is 13.3 Å². The number of anilines is 1. The van der Waals surface area contributed by atoms with Crippen LogP contribution in [-0.4, -0.2) is 25.2 Å². The molecule has 5 heteroatoms. The van der Waals surface area contributed by atoms with Gasteiger partial charge in [-0.1, -0.05) is 0 Å². The van der Waals surface area contributed by atoms with E-state index in [0.29, 0.717) is 16.9 Å². The predicted octanol–water partition coefficient (Wildman–Crippen LogP) is 2.13. The number of ether oxygens (including phenoxy) is 2. The van der Waals surface area contributed by atoms with E-state index in [2.05, 4.69) is 9.72 Å². The van der Waals surface area contributed by atoms with Crippen molar-refractivity contribution in [3.8, 4) is 17.0 Å². The van der Waals surface area contributed by atoms with E-state index >= 15 is 0 Å². The summed E-state index contributed by atoms with van der Waals surface area (Å²) in [5.74, 6) is 0.300. The van der Waals surface area contributed by atoms with Crippen LogP contribution >= 0.6 is 0 Å². The Morgan fingerprint density at radius 3 is 2.42 bits per heavy atom. The average molecular weight is 258 g/mol. The number of pyridine rings is 1. The highest BCUT2D eigenvalue weighted by Gasteiger charge is 2.10. The zero-order valence-corrected chi connectivity index (χ0v) is 10.7. The minimum Gasteiger partial charge on any atom is -0.497 e. The zero-order chi connectivity index (χ0) is 13.8. The molecule has 5 nitrogen and oxygen atoms in total. The van der Waals surface area contributed by atoms with Gasteiger partial charge in [0.1, 0.15) is 5.75 Å². The van der Waals surface area contributed by atoms with Crippen LogP contribution in [0.1, 0.15) is 10.4 Å². The summed E-state index contributed by atoms with van der Waals surface area (Å²) in [6, 6.07) is 8.92. The van der Waals surface area contributed by atoms with Gasteiger partial charge in [0, 0.05) is 11.8 Å². The monoisotopic (exact) mass is 258 g/mol. The number of rotatable bonds is 3. The summed E-state index contributed by atoms with van der Waals surface area (Å²) in [4.78, 5) is 15.6. The number of carbonyl (C=O) groups excluding carboxylic acids is 1. The number of nitrogens with zero attached hydrogens (tertiary/aromatic N) is 1. The number of aromatic nitrogens is 1. The third kappa shape index (κ3) is 2.65. The number of esters is 1. The SMILES string of the molecule is COC(=O)c1cnc(-c2ccc(OC)cc2)c(N)c1. The fourth-order valence-electron chi connectivity index (χ4n) is 1.70. The summed E-state index contributed by atoms with van der Waals surface area (Å²) in [6.07, 6.45) is 1.45. The van der Waals surface area contributed by atoms with Gasteiger partial charge in [0.2, 0.25) is 0 Å². The smallest absolute Gasteiger partial charge is 0.339 e. The first-order chi connectivity index (χ1) is 9.15. The second kappa shape index (κ2) is 5.39. The summed E-state index contributed by atoms with van der Waals surface area (Å²) in [5, 5.41) is 0. The molecule has 1 heterocycles. The minimum absolute atomic E-state index is 0.331. The summed E-state index contributed by atoms with van der Waals surface area (Å²) >= 11 is 0. The molecule has 0 atom stereocenters. The van der Waals surface area contributed by atoms with Crippen LogP contribution in [0.15, 0.2) is 36.5 Å². The molecule has 2 aromatic rings. The molecule has 0 radical (unpaired) electrons. The average Bonchev–Trinajstić information content (AvgIpc) is 2.46. The normalized spacial score (nSPS) is 10.0. The first-order valence-electron chi connectivity index (χ1n) is 5.64. The topological polar surface area (TPSA) is 74.4 Å². The fraction of sp³-hybridized carbons (Fsp3) is 0.143. The molecule has 1 aromatic carbocycles. The Kier molecular flexibility index (Phi) is 3.66. The maximum Gasteiger partial charge on any atom is 0.339 e. The Bertz CT molecular complexity index is 594. The molecule has 1 aromatic heterocycles. The first kappa shape index (κ1) is 12.9. The number of carbonyl (C=O) groups is 1. The minimum atomic E-state index is -0.458. The van der Waals surface area contributed by atoms with E-state index in [1.807, 2.05) is 24.3 Å². The van der Waals surface area contributed by atoms with Crippen molar-refractivity contribution in [1.29, 1.82) is 0 Å².